The third-order valence-corrected chi connectivity index (χ3v) is 4.69. The number of piperidine rings is 1. The highest BCUT2D eigenvalue weighted by Crippen LogP contribution is 2.35. The molecule has 1 heterocycles. The molecule has 3 unspecified atom stereocenters. The summed E-state index contributed by atoms with van der Waals surface area (Å²) in [4.78, 5) is 2.68. The third-order valence-electron chi connectivity index (χ3n) is 4.69. The average molecular weight is 254 g/mol. The Hall–Kier alpha value is -0.120. The van der Waals surface area contributed by atoms with Crippen molar-refractivity contribution in [3.63, 3.8) is 0 Å². The van der Waals surface area contributed by atoms with Gasteiger partial charge in [0, 0.05) is 32.3 Å². The fourth-order valence-corrected chi connectivity index (χ4v) is 3.28. The summed E-state index contributed by atoms with van der Waals surface area (Å²) in [6.45, 7) is 9.17. The summed E-state index contributed by atoms with van der Waals surface area (Å²) in [6.07, 6.45) is 5.55. The molecule has 0 aromatic carbocycles. The molecule has 2 aliphatic rings. The van der Waals surface area contributed by atoms with Crippen molar-refractivity contribution in [2.75, 3.05) is 33.4 Å². The second-order valence-corrected chi connectivity index (χ2v) is 6.31. The van der Waals surface area contributed by atoms with Crippen molar-refractivity contribution in [1.29, 1.82) is 0 Å². The number of hydrogen-bond acceptors (Lipinski definition) is 3. The standard InChI is InChI=1S/C15H30N2O/c1-12-10-14(6-7-16-12)11-17(8-9-18-3)13(2)15-4-5-15/h12-16H,4-11H2,1-3H3. The molecule has 3 atom stereocenters. The van der Waals surface area contributed by atoms with E-state index in [-0.39, 0.29) is 0 Å². The van der Waals surface area contributed by atoms with Crippen molar-refractivity contribution in [2.45, 2.75) is 51.6 Å². The van der Waals surface area contributed by atoms with E-state index in [4.69, 9.17) is 4.74 Å². The van der Waals surface area contributed by atoms with E-state index in [1.165, 1.54) is 38.8 Å². The SMILES string of the molecule is COCCN(CC1CCNC(C)C1)C(C)C1CC1. The Bertz CT molecular complexity index is 243. The fraction of sp³-hybridized carbons (Fsp3) is 1.00. The molecule has 3 heteroatoms. The molecule has 0 spiro atoms. The van der Waals surface area contributed by atoms with E-state index in [1.54, 1.807) is 0 Å². The number of rotatable bonds is 7. The zero-order valence-corrected chi connectivity index (χ0v) is 12.3. The topological polar surface area (TPSA) is 24.5 Å². The first-order valence-corrected chi connectivity index (χ1v) is 7.67. The van der Waals surface area contributed by atoms with Crippen molar-refractivity contribution >= 4 is 0 Å². The van der Waals surface area contributed by atoms with E-state index in [0.717, 1.165) is 31.0 Å². The van der Waals surface area contributed by atoms with Crippen molar-refractivity contribution in [2.24, 2.45) is 11.8 Å². The molecule has 0 aromatic heterocycles. The van der Waals surface area contributed by atoms with Crippen LogP contribution >= 0.6 is 0 Å². The zero-order chi connectivity index (χ0) is 13.0. The molecule has 1 N–H and O–H groups in total. The highest BCUT2D eigenvalue weighted by Gasteiger charge is 2.33. The van der Waals surface area contributed by atoms with Gasteiger partial charge >= 0.3 is 0 Å². The maximum atomic E-state index is 5.28. The molecule has 1 aliphatic carbocycles. The number of ether oxygens (including phenoxy) is 1. The van der Waals surface area contributed by atoms with E-state index in [2.05, 4.69) is 24.1 Å². The summed E-state index contributed by atoms with van der Waals surface area (Å²) in [5.41, 5.74) is 0. The highest BCUT2D eigenvalue weighted by molar-refractivity contribution is 4.87. The number of nitrogens with zero attached hydrogens (tertiary/aromatic N) is 1. The predicted octanol–water partition coefficient (Wildman–Crippen LogP) is 2.12. The van der Waals surface area contributed by atoms with Crippen LogP contribution in [0.25, 0.3) is 0 Å². The van der Waals surface area contributed by atoms with Crippen LogP contribution in [0.5, 0.6) is 0 Å². The van der Waals surface area contributed by atoms with Gasteiger partial charge in [0.2, 0.25) is 0 Å². The Balaban J connectivity index is 1.82. The Kier molecular flexibility index (Phi) is 5.46. The molecule has 2 rings (SSSR count). The summed E-state index contributed by atoms with van der Waals surface area (Å²) in [7, 11) is 1.81. The molecule has 0 radical (unpaired) electrons. The molecule has 1 aliphatic heterocycles. The average Bonchev–Trinajstić information content (AvgIpc) is 3.18. The molecule has 0 aromatic rings. The van der Waals surface area contributed by atoms with Gasteiger partial charge in [-0.2, -0.15) is 0 Å². The van der Waals surface area contributed by atoms with Gasteiger partial charge in [-0.3, -0.25) is 4.90 Å². The van der Waals surface area contributed by atoms with Crippen LogP contribution in [0.3, 0.4) is 0 Å². The van der Waals surface area contributed by atoms with E-state index in [9.17, 15) is 0 Å². The van der Waals surface area contributed by atoms with E-state index < -0.39 is 0 Å². The van der Waals surface area contributed by atoms with Crippen molar-refractivity contribution in [1.82, 2.24) is 10.2 Å². The largest absolute Gasteiger partial charge is 0.383 e. The first-order valence-electron chi connectivity index (χ1n) is 7.67. The van der Waals surface area contributed by atoms with Gasteiger partial charge in [-0.05, 0) is 57.9 Å². The van der Waals surface area contributed by atoms with Crippen molar-refractivity contribution < 1.29 is 4.74 Å². The van der Waals surface area contributed by atoms with Crippen LogP contribution in [0.2, 0.25) is 0 Å². The highest BCUT2D eigenvalue weighted by atomic mass is 16.5. The fourth-order valence-electron chi connectivity index (χ4n) is 3.28. The molecule has 1 saturated heterocycles. The van der Waals surface area contributed by atoms with Crippen LogP contribution in [0.4, 0.5) is 0 Å². The van der Waals surface area contributed by atoms with Crippen molar-refractivity contribution in [3.8, 4) is 0 Å². The van der Waals surface area contributed by atoms with Gasteiger partial charge in [-0.25, -0.2) is 0 Å². The van der Waals surface area contributed by atoms with E-state index >= 15 is 0 Å². The van der Waals surface area contributed by atoms with Gasteiger partial charge in [-0.15, -0.1) is 0 Å². The van der Waals surface area contributed by atoms with Crippen LogP contribution < -0.4 is 5.32 Å². The second-order valence-electron chi connectivity index (χ2n) is 6.31. The van der Waals surface area contributed by atoms with Gasteiger partial charge in [0.25, 0.3) is 0 Å². The lowest BCUT2D eigenvalue weighted by Gasteiger charge is -2.36. The lowest BCUT2D eigenvalue weighted by atomic mass is 9.92. The molecule has 0 bridgehead atoms. The predicted molar refractivity (Wildman–Crippen MR) is 75.8 cm³/mol. The molecule has 18 heavy (non-hydrogen) atoms. The first kappa shape index (κ1) is 14.3. The minimum absolute atomic E-state index is 0.698. The lowest BCUT2D eigenvalue weighted by molar-refractivity contribution is 0.0939. The summed E-state index contributed by atoms with van der Waals surface area (Å²) in [6, 6.07) is 1.45. The summed E-state index contributed by atoms with van der Waals surface area (Å²) < 4.78 is 5.28. The molecule has 0 amide bonds. The Labute approximate surface area is 112 Å². The van der Waals surface area contributed by atoms with Crippen LogP contribution in [-0.4, -0.2) is 50.3 Å². The summed E-state index contributed by atoms with van der Waals surface area (Å²) in [5, 5.41) is 3.55. The minimum Gasteiger partial charge on any atom is -0.383 e. The molecule has 106 valence electrons. The normalized spacial score (nSPS) is 30.7. The smallest absolute Gasteiger partial charge is 0.0589 e. The van der Waals surface area contributed by atoms with Gasteiger partial charge in [-0.1, -0.05) is 0 Å². The molecular weight excluding hydrogens is 224 g/mol. The first-order chi connectivity index (χ1) is 8.70. The summed E-state index contributed by atoms with van der Waals surface area (Å²) in [5.74, 6) is 1.83. The van der Waals surface area contributed by atoms with Crippen LogP contribution in [0.1, 0.15) is 39.5 Å². The van der Waals surface area contributed by atoms with E-state index in [1.807, 2.05) is 7.11 Å². The minimum atomic E-state index is 0.698. The lowest BCUT2D eigenvalue weighted by Crippen LogP contribution is -2.44. The second kappa shape index (κ2) is 6.88. The van der Waals surface area contributed by atoms with Crippen molar-refractivity contribution in [3.05, 3.63) is 0 Å². The molecule has 1 saturated carbocycles. The molecular formula is C15H30N2O. The Morgan fingerprint density at radius 1 is 1.33 bits per heavy atom. The third kappa shape index (κ3) is 4.22. The maximum Gasteiger partial charge on any atom is 0.0589 e. The quantitative estimate of drug-likeness (QED) is 0.753. The number of hydrogen-bond donors (Lipinski definition) is 1. The van der Waals surface area contributed by atoms with Crippen LogP contribution in [-0.2, 0) is 4.74 Å². The van der Waals surface area contributed by atoms with Gasteiger partial charge in [0.05, 0.1) is 6.61 Å². The molecule has 2 fully saturated rings. The van der Waals surface area contributed by atoms with Gasteiger partial charge in [0.1, 0.15) is 0 Å². The monoisotopic (exact) mass is 254 g/mol. The van der Waals surface area contributed by atoms with Gasteiger partial charge in [0.15, 0.2) is 0 Å². The van der Waals surface area contributed by atoms with Crippen LogP contribution in [0.15, 0.2) is 0 Å². The van der Waals surface area contributed by atoms with Gasteiger partial charge < -0.3 is 10.1 Å². The summed E-state index contributed by atoms with van der Waals surface area (Å²) >= 11 is 0. The molecule has 3 nitrogen and oxygen atoms in total. The Morgan fingerprint density at radius 2 is 2.11 bits per heavy atom. The maximum absolute atomic E-state index is 5.28. The number of nitrogens with one attached hydrogen (secondary N) is 1. The zero-order valence-electron chi connectivity index (χ0n) is 12.3. The van der Waals surface area contributed by atoms with E-state index in [0.29, 0.717) is 6.04 Å². The van der Waals surface area contributed by atoms with Crippen LogP contribution in [0, 0.1) is 11.8 Å². The number of methoxy groups -OCH3 is 1. The Morgan fingerprint density at radius 3 is 2.72 bits per heavy atom.